The van der Waals surface area contributed by atoms with Crippen LogP contribution in [-0.2, 0) is 0 Å². The largest absolute Gasteiger partial charge is 0.459 e. The smallest absolute Gasteiger partial charge is 0.134 e. The maximum atomic E-state index is 5.98. The molecule has 0 amide bonds. The summed E-state index contributed by atoms with van der Waals surface area (Å²) in [6.07, 6.45) is 0. The molecule has 0 aliphatic heterocycles. The third kappa shape index (κ3) is 2.51. The van der Waals surface area contributed by atoms with Crippen LogP contribution in [0.2, 0.25) is 0 Å². The van der Waals surface area contributed by atoms with Crippen molar-refractivity contribution in [1.82, 2.24) is 5.32 Å². The van der Waals surface area contributed by atoms with E-state index in [1.54, 1.807) is 0 Å². The zero-order valence-electron chi connectivity index (χ0n) is 11.5. The van der Waals surface area contributed by atoms with Gasteiger partial charge in [0.05, 0.1) is 6.04 Å². The lowest BCUT2D eigenvalue weighted by atomic mass is 10.0. The molecule has 1 heterocycles. The second kappa shape index (κ2) is 5.43. The third-order valence-electron chi connectivity index (χ3n) is 3.42. The molecule has 1 N–H and O–H groups in total. The van der Waals surface area contributed by atoms with E-state index in [1.165, 1.54) is 11.1 Å². The van der Waals surface area contributed by atoms with Crippen molar-refractivity contribution in [3.63, 3.8) is 0 Å². The van der Waals surface area contributed by atoms with Gasteiger partial charge in [-0.1, -0.05) is 40.2 Å². The fraction of sp³-hybridized carbons (Fsp3) is 0.176. The van der Waals surface area contributed by atoms with E-state index in [2.05, 4.69) is 58.5 Å². The van der Waals surface area contributed by atoms with Crippen molar-refractivity contribution in [2.45, 2.75) is 13.0 Å². The van der Waals surface area contributed by atoms with Crippen molar-refractivity contribution in [2.75, 3.05) is 7.05 Å². The Hall–Kier alpha value is -1.58. The maximum absolute atomic E-state index is 5.98. The molecule has 20 heavy (non-hydrogen) atoms. The van der Waals surface area contributed by atoms with Crippen LogP contribution in [0.1, 0.15) is 22.9 Å². The van der Waals surface area contributed by atoms with E-state index in [-0.39, 0.29) is 6.04 Å². The lowest BCUT2D eigenvalue weighted by Crippen LogP contribution is -2.17. The van der Waals surface area contributed by atoms with Crippen molar-refractivity contribution >= 4 is 26.9 Å². The number of benzene rings is 2. The summed E-state index contributed by atoms with van der Waals surface area (Å²) in [6.45, 7) is 2.10. The zero-order valence-corrected chi connectivity index (χ0v) is 13.1. The van der Waals surface area contributed by atoms with Crippen LogP contribution in [0.4, 0.5) is 0 Å². The molecule has 0 spiro atoms. The summed E-state index contributed by atoms with van der Waals surface area (Å²) in [5.74, 6) is 0.936. The predicted octanol–water partition coefficient (Wildman–Crippen LogP) is 4.81. The minimum Gasteiger partial charge on any atom is -0.459 e. The number of para-hydroxylation sites is 1. The van der Waals surface area contributed by atoms with Gasteiger partial charge in [-0.25, -0.2) is 0 Å². The van der Waals surface area contributed by atoms with Crippen molar-refractivity contribution in [3.05, 3.63) is 69.9 Å². The van der Waals surface area contributed by atoms with Gasteiger partial charge >= 0.3 is 0 Å². The van der Waals surface area contributed by atoms with E-state index in [1.807, 2.05) is 25.2 Å². The number of rotatable bonds is 3. The summed E-state index contributed by atoms with van der Waals surface area (Å²) < 4.78 is 7.06. The van der Waals surface area contributed by atoms with E-state index in [9.17, 15) is 0 Å². The van der Waals surface area contributed by atoms with Crippen LogP contribution in [0.3, 0.4) is 0 Å². The van der Waals surface area contributed by atoms with Gasteiger partial charge in [-0.3, -0.25) is 0 Å². The molecule has 3 rings (SSSR count). The Morgan fingerprint density at radius 3 is 2.60 bits per heavy atom. The lowest BCUT2D eigenvalue weighted by Gasteiger charge is -2.15. The van der Waals surface area contributed by atoms with Gasteiger partial charge < -0.3 is 9.73 Å². The van der Waals surface area contributed by atoms with E-state index >= 15 is 0 Å². The molecule has 0 saturated heterocycles. The number of hydrogen-bond acceptors (Lipinski definition) is 2. The van der Waals surface area contributed by atoms with Crippen LogP contribution in [0.15, 0.2) is 57.4 Å². The Kier molecular flexibility index (Phi) is 3.64. The molecule has 2 nitrogen and oxygen atoms in total. The Labute approximate surface area is 126 Å². The molecule has 0 bridgehead atoms. The molecule has 0 aliphatic rings. The van der Waals surface area contributed by atoms with Crippen molar-refractivity contribution in [1.29, 1.82) is 0 Å². The van der Waals surface area contributed by atoms with Crippen LogP contribution in [0.25, 0.3) is 11.0 Å². The number of hydrogen-bond donors (Lipinski definition) is 1. The highest BCUT2D eigenvalue weighted by molar-refractivity contribution is 9.10. The van der Waals surface area contributed by atoms with Gasteiger partial charge in [-0.15, -0.1) is 0 Å². The molecular weight excluding hydrogens is 314 g/mol. The molecule has 0 aliphatic carbocycles. The number of aryl methyl sites for hydroxylation is 1. The summed E-state index contributed by atoms with van der Waals surface area (Å²) in [7, 11) is 1.95. The van der Waals surface area contributed by atoms with E-state index < -0.39 is 0 Å². The highest BCUT2D eigenvalue weighted by Gasteiger charge is 2.17. The van der Waals surface area contributed by atoms with Crippen molar-refractivity contribution in [2.24, 2.45) is 0 Å². The number of nitrogens with one attached hydrogen (secondary N) is 1. The van der Waals surface area contributed by atoms with E-state index in [4.69, 9.17) is 4.42 Å². The number of fused-ring (bicyclic) bond motifs is 1. The van der Waals surface area contributed by atoms with Gasteiger partial charge in [0.15, 0.2) is 0 Å². The second-order valence-electron chi connectivity index (χ2n) is 4.97. The fourth-order valence-corrected chi connectivity index (χ4v) is 3.17. The minimum absolute atomic E-state index is 0.0543. The monoisotopic (exact) mass is 329 g/mol. The van der Waals surface area contributed by atoms with Crippen LogP contribution in [0, 0.1) is 6.92 Å². The average molecular weight is 330 g/mol. The van der Waals surface area contributed by atoms with Crippen LogP contribution in [-0.4, -0.2) is 7.05 Å². The topological polar surface area (TPSA) is 25.2 Å². The SMILES string of the molecule is CNC(c1cc(C)cc(Br)c1)c1cc2ccccc2o1. The van der Waals surface area contributed by atoms with Gasteiger partial charge in [-0.05, 0) is 49.4 Å². The van der Waals surface area contributed by atoms with Gasteiger partial charge in [0, 0.05) is 9.86 Å². The standard InChI is InChI=1S/C17H16BrNO/c1-11-7-13(9-14(18)8-11)17(19-2)16-10-12-5-3-4-6-15(12)20-16/h3-10,17,19H,1-2H3. The molecule has 0 saturated carbocycles. The summed E-state index contributed by atoms with van der Waals surface area (Å²) in [4.78, 5) is 0. The molecule has 102 valence electrons. The Balaban J connectivity index is 2.08. The van der Waals surface area contributed by atoms with Gasteiger partial charge in [-0.2, -0.15) is 0 Å². The zero-order chi connectivity index (χ0) is 14.1. The molecule has 0 radical (unpaired) electrons. The molecule has 1 atom stereocenters. The molecule has 0 fully saturated rings. The number of furan rings is 1. The first-order chi connectivity index (χ1) is 9.67. The van der Waals surface area contributed by atoms with E-state index in [0.29, 0.717) is 0 Å². The van der Waals surface area contributed by atoms with Crippen LogP contribution < -0.4 is 5.32 Å². The fourth-order valence-electron chi connectivity index (χ4n) is 2.55. The molecule has 1 aromatic heterocycles. The summed E-state index contributed by atoms with van der Waals surface area (Å²) in [5.41, 5.74) is 3.35. The minimum atomic E-state index is 0.0543. The van der Waals surface area contributed by atoms with Gasteiger partial charge in [0.2, 0.25) is 0 Å². The lowest BCUT2D eigenvalue weighted by molar-refractivity contribution is 0.491. The van der Waals surface area contributed by atoms with Crippen LogP contribution >= 0.6 is 15.9 Å². The van der Waals surface area contributed by atoms with Gasteiger partial charge in [0.25, 0.3) is 0 Å². The molecule has 1 unspecified atom stereocenters. The quantitative estimate of drug-likeness (QED) is 0.745. The Morgan fingerprint density at radius 2 is 1.90 bits per heavy atom. The normalized spacial score (nSPS) is 12.8. The van der Waals surface area contributed by atoms with Crippen molar-refractivity contribution in [3.8, 4) is 0 Å². The molecule has 3 aromatic rings. The maximum Gasteiger partial charge on any atom is 0.134 e. The highest BCUT2D eigenvalue weighted by Crippen LogP contribution is 2.30. The molecule has 2 aromatic carbocycles. The molecular formula is C17H16BrNO. The predicted molar refractivity (Wildman–Crippen MR) is 86.0 cm³/mol. The Morgan fingerprint density at radius 1 is 1.10 bits per heavy atom. The first kappa shape index (κ1) is 13.4. The summed E-state index contributed by atoms with van der Waals surface area (Å²) in [6, 6.07) is 16.7. The Bertz CT molecular complexity index is 694. The second-order valence-corrected chi connectivity index (χ2v) is 5.89. The summed E-state index contributed by atoms with van der Waals surface area (Å²) >= 11 is 3.56. The first-order valence-electron chi connectivity index (χ1n) is 6.60. The third-order valence-corrected chi connectivity index (χ3v) is 3.87. The number of halogens is 1. The first-order valence-corrected chi connectivity index (χ1v) is 7.39. The van der Waals surface area contributed by atoms with E-state index in [0.717, 1.165) is 21.2 Å². The highest BCUT2D eigenvalue weighted by atomic mass is 79.9. The van der Waals surface area contributed by atoms with Gasteiger partial charge in [0.1, 0.15) is 11.3 Å². The van der Waals surface area contributed by atoms with Crippen molar-refractivity contribution < 1.29 is 4.42 Å². The average Bonchev–Trinajstić information content (AvgIpc) is 2.81. The van der Waals surface area contributed by atoms with Crippen LogP contribution in [0.5, 0.6) is 0 Å². The molecule has 3 heteroatoms. The summed E-state index contributed by atoms with van der Waals surface area (Å²) in [5, 5.41) is 4.47.